The highest BCUT2D eigenvalue weighted by Gasteiger charge is 2.12. The molecule has 116 valence electrons. The van der Waals surface area contributed by atoms with Gasteiger partial charge < -0.3 is 4.90 Å². The summed E-state index contributed by atoms with van der Waals surface area (Å²) >= 11 is 0. The average Bonchev–Trinajstić information content (AvgIpc) is 3.11. The second-order valence-corrected chi connectivity index (χ2v) is 5.64. The highest BCUT2D eigenvalue weighted by atomic mass is 16.2. The summed E-state index contributed by atoms with van der Waals surface area (Å²) in [6.07, 6.45) is 3.61. The summed E-state index contributed by atoms with van der Waals surface area (Å²) in [5.41, 5.74) is 3.96. The lowest BCUT2D eigenvalue weighted by Gasteiger charge is -2.17. The van der Waals surface area contributed by atoms with E-state index in [1.165, 1.54) is 5.56 Å². The molecule has 1 aromatic heterocycles. The molecule has 2 aromatic carbocycles. The summed E-state index contributed by atoms with van der Waals surface area (Å²) in [5, 5.41) is 4.18. The van der Waals surface area contributed by atoms with Crippen molar-refractivity contribution in [1.29, 1.82) is 0 Å². The smallest absolute Gasteiger partial charge is 0.253 e. The summed E-state index contributed by atoms with van der Waals surface area (Å²) in [4.78, 5) is 14.2. The van der Waals surface area contributed by atoms with Crippen LogP contribution in [0.25, 0.3) is 5.69 Å². The Hall–Kier alpha value is -2.88. The third kappa shape index (κ3) is 3.48. The van der Waals surface area contributed by atoms with Crippen LogP contribution in [0.15, 0.2) is 67.0 Å². The number of aromatic nitrogens is 2. The van der Waals surface area contributed by atoms with Gasteiger partial charge in [-0.1, -0.05) is 29.8 Å². The molecule has 0 saturated heterocycles. The predicted molar refractivity (Wildman–Crippen MR) is 90.5 cm³/mol. The van der Waals surface area contributed by atoms with Crippen molar-refractivity contribution >= 4 is 5.91 Å². The van der Waals surface area contributed by atoms with E-state index in [0.717, 1.165) is 11.3 Å². The monoisotopic (exact) mass is 305 g/mol. The maximum Gasteiger partial charge on any atom is 0.253 e. The van der Waals surface area contributed by atoms with Gasteiger partial charge in [-0.3, -0.25) is 4.79 Å². The fourth-order valence-corrected chi connectivity index (χ4v) is 2.44. The quantitative estimate of drug-likeness (QED) is 0.740. The molecule has 3 rings (SSSR count). The van der Waals surface area contributed by atoms with Crippen LogP contribution in [0.1, 0.15) is 21.5 Å². The summed E-state index contributed by atoms with van der Waals surface area (Å²) in [5.74, 6) is 0.0117. The Labute approximate surface area is 136 Å². The molecule has 0 aliphatic carbocycles. The summed E-state index contributed by atoms with van der Waals surface area (Å²) < 4.78 is 1.77. The minimum absolute atomic E-state index is 0.0117. The zero-order valence-electron chi connectivity index (χ0n) is 13.3. The lowest BCUT2D eigenvalue weighted by molar-refractivity contribution is 0.0785. The standard InChI is InChI=1S/C19H19N3O/c1-15-4-6-16(7-5-15)14-21(2)19(23)17-8-10-18(11-9-17)22-13-3-12-20-22/h3-13H,14H2,1-2H3. The number of amides is 1. The topological polar surface area (TPSA) is 38.1 Å². The van der Waals surface area contributed by atoms with E-state index in [4.69, 9.17) is 0 Å². The first-order valence-corrected chi connectivity index (χ1v) is 7.54. The Kier molecular flexibility index (Phi) is 4.24. The normalized spacial score (nSPS) is 10.5. The molecule has 23 heavy (non-hydrogen) atoms. The molecule has 1 amide bonds. The first-order chi connectivity index (χ1) is 11.1. The van der Waals surface area contributed by atoms with Crippen molar-refractivity contribution in [3.63, 3.8) is 0 Å². The van der Waals surface area contributed by atoms with E-state index in [1.807, 2.05) is 43.6 Å². The van der Waals surface area contributed by atoms with Crippen LogP contribution in [-0.4, -0.2) is 27.6 Å². The second kappa shape index (κ2) is 6.48. The molecule has 0 bridgehead atoms. The Morgan fingerprint density at radius 3 is 2.39 bits per heavy atom. The van der Waals surface area contributed by atoms with Crippen LogP contribution >= 0.6 is 0 Å². The predicted octanol–water partition coefficient (Wildman–Crippen LogP) is 3.45. The van der Waals surface area contributed by atoms with Crippen molar-refractivity contribution in [2.75, 3.05) is 7.05 Å². The van der Waals surface area contributed by atoms with E-state index < -0.39 is 0 Å². The zero-order valence-corrected chi connectivity index (χ0v) is 13.3. The number of carbonyl (C=O) groups excluding carboxylic acids is 1. The number of aryl methyl sites for hydroxylation is 1. The van der Waals surface area contributed by atoms with Gasteiger partial charge in [0.05, 0.1) is 5.69 Å². The van der Waals surface area contributed by atoms with Crippen LogP contribution in [0.5, 0.6) is 0 Å². The van der Waals surface area contributed by atoms with Crippen LogP contribution in [0, 0.1) is 6.92 Å². The molecular formula is C19H19N3O. The number of carbonyl (C=O) groups is 1. The number of nitrogens with zero attached hydrogens (tertiary/aromatic N) is 3. The van der Waals surface area contributed by atoms with Crippen molar-refractivity contribution < 1.29 is 4.79 Å². The molecule has 0 atom stereocenters. The van der Waals surface area contributed by atoms with Gasteiger partial charge in [-0.15, -0.1) is 0 Å². The molecule has 4 nitrogen and oxygen atoms in total. The van der Waals surface area contributed by atoms with Gasteiger partial charge in [0.15, 0.2) is 0 Å². The van der Waals surface area contributed by atoms with Gasteiger partial charge >= 0.3 is 0 Å². The summed E-state index contributed by atoms with van der Waals surface area (Å²) in [6.45, 7) is 2.65. The Balaban J connectivity index is 1.70. The van der Waals surface area contributed by atoms with Crippen molar-refractivity contribution in [2.45, 2.75) is 13.5 Å². The molecule has 1 heterocycles. The SMILES string of the molecule is Cc1ccc(CN(C)C(=O)c2ccc(-n3cccn3)cc2)cc1. The highest BCUT2D eigenvalue weighted by molar-refractivity contribution is 5.94. The van der Waals surface area contributed by atoms with Crippen LogP contribution in [0.4, 0.5) is 0 Å². The highest BCUT2D eigenvalue weighted by Crippen LogP contribution is 2.12. The van der Waals surface area contributed by atoms with E-state index in [9.17, 15) is 4.79 Å². The van der Waals surface area contributed by atoms with Crippen molar-refractivity contribution in [1.82, 2.24) is 14.7 Å². The number of rotatable bonds is 4. The van der Waals surface area contributed by atoms with Crippen LogP contribution < -0.4 is 0 Å². The van der Waals surface area contributed by atoms with Crippen LogP contribution in [-0.2, 0) is 6.54 Å². The number of benzene rings is 2. The molecule has 4 heteroatoms. The van der Waals surface area contributed by atoms with Crippen molar-refractivity contribution in [3.05, 3.63) is 83.7 Å². The fourth-order valence-electron chi connectivity index (χ4n) is 2.44. The summed E-state index contributed by atoms with van der Waals surface area (Å²) in [6, 6.07) is 17.6. The van der Waals surface area contributed by atoms with Crippen molar-refractivity contribution in [2.24, 2.45) is 0 Å². The molecule has 0 aliphatic heterocycles. The Morgan fingerprint density at radius 1 is 1.09 bits per heavy atom. The van der Waals surface area contributed by atoms with Gasteiger partial charge in [-0.25, -0.2) is 4.68 Å². The first-order valence-electron chi connectivity index (χ1n) is 7.54. The van der Waals surface area contributed by atoms with Gasteiger partial charge in [0.25, 0.3) is 5.91 Å². The van der Waals surface area contributed by atoms with Gasteiger partial charge in [0.1, 0.15) is 0 Å². The molecule has 0 saturated carbocycles. The molecule has 0 spiro atoms. The molecule has 0 radical (unpaired) electrons. The number of hydrogen-bond donors (Lipinski definition) is 0. The maximum absolute atomic E-state index is 12.5. The van der Waals surface area contributed by atoms with Crippen LogP contribution in [0.2, 0.25) is 0 Å². The lowest BCUT2D eigenvalue weighted by Crippen LogP contribution is -2.26. The molecule has 3 aromatic rings. The van der Waals surface area contributed by atoms with E-state index >= 15 is 0 Å². The van der Waals surface area contributed by atoms with E-state index in [0.29, 0.717) is 12.1 Å². The largest absolute Gasteiger partial charge is 0.337 e. The fraction of sp³-hybridized carbons (Fsp3) is 0.158. The minimum atomic E-state index is 0.0117. The van der Waals surface area contributed by atoms with Crippen molar-refractivity contribution in [3.8, 4) is 5.69 Å². The second-order valence-electron chi connectivity index (χ2n) is 5.64. The zero-order chi connectivity index (χ0) is 16.2. The average molecular weight is 305 g/mol. The number of hydrogen-bond acceptors (Lipinski definition) is 2. The maximum atomic E-state index is 12.5. The van der Waals surface area contributed by atoms with Crippen LogP contribution in [0.3, 0.4) is 0 Å². The molecule has 0 N–H and O–H groups in total. The van der Waals surface area contributed by atoms with E-state index in [-0.39, 0.29) is 5.91 Å². The molecule has 0 aliphatic rings. The molecule has 0 unspecified atom stereocenters. The van der Waals surface area contributed by atoms with E-state index in [1.54, 1.807) is 15.8 Å². The van der Waals surface area contributed by atoms with E-state index in [2.05, 4.69) is 36.3 Å². The van der Waals surface area contributed by atoms with Gasteiger partial charge in [-0.2, -0.15) is 5.10 Å². The van der Waals surface area contributed by atoms with Gasteiger partial charge in [-0.05, 0) is 42.8 Å². The Morgan fingerprint density at radius 2 is 1.78 bits per heavy atom. The minimum Gasteiger partial charge on any atom is -0.337 e. The molecule has 0 fully saturated rings. The molecular weight excluding hydrogens is 286 g/mol. The summed E-state index contributed by atoms with van der Waals surface area (Å²) in [7, 11) is 1.82. The third-order valence-corrected chi connectivity index (χ3v) is 3.77. The Bertz CT molecular complexity index is 774. The van der Waals surface area contributed by atoms with Gasteiger partial charge in [0, 0.05) is 31.5 Å². The van der Waals surface area contributed by atoms with Gasteiger partial charge in [0.2, 0.25) is 0 Å². The lowest BCUT2D eigenvalue weighted by atomic mass is 10.1. The third-order valence-electron chi connectivity index (χ3n) is 3.77. The first kappa shape index (κ1) is 15.0.